The lowest BCUT2D eigenvalue weighted by molar-refractivity contribution is -0.149. The number of rotatable bonds is 7. The number of carbonyl (C=O) groups excluding carboxylic acids is 2. The molecule has 6 nitrogen and oxygen atoms in total. The predicted octanol–water partition coefficient (Wildman–Crippen LogP) is 2.19. The molecule has 1 fully saturated rings. The molecule has 144 valence electrons. The van der Waals surface area contributed by atoms with Gasteiger partial charge in [0.25, 0.3) is 0 Å². The standard InChI is InChI=1S/C20H31N3O3/c1-5-11-22(20(26)21-14(2)3)12-17-19(16-9-7-6-8-10-16)18(13-24)23(17)15(4)25/h6-10,14,17-19,24H,5,11-13H2,1-4H3,(H,21,26)/t17-,18+,19-/m0/s1. The van der Waals surface area contributed by atoms with Crippen LogP contribution < -0.4 is 5.32 Å². The van der Waals surface area contributed by atoms with Crippen molar-refractivity contribution in [3.05, 3.63) is 35.9 Å². The summed E-state index contributed by atoms with van der Waals surface area (Å²) in [6.45, 7) is 8.43. The molecule has 2 N–H and O–H groups in total. The van der Waals surface area contributed by atoms with Gasteiger partial charge in [0.05, 0.1) is 18.7 Å². The van der Waals surface area contributed by atoms with Crippen LogP contribution in [0.5, 0.6) is 0 Å². The number of nitrogens with zero attached hydrogens (tertiary/aromatic N) is 2. The van der Waals surface area contributed by atoms with Crippen molar-refractivity contribution in [1.29, 1.82) is 0 Å². The summed E-state index contributed by atoms with van der Waals surface area (Å²) in [5.74, 6) is -0.0433. The highest BCUT2D eigenvalue weighted by molar-refractivity contribution is 5.77. The number of carbonyl (C=O) groups is 2. The van der Waals surface area contributed by atoms with Gasteiger partial charge < -0.3 is 20.2 Å². The van der Waals surface area contributed by atoms with Crippen molar-refractivity contribution in [2.75, 3.05) is 19.7 Å². The van der Waals surface area contributed by atoms with Crippen molar-refractivity contribution < 1.29 is 14.7 Å². The van der Waals surface area contributed by atoms with E-state index in [0.29, 0.717) is 13.1 Å². The SMILES string of the molecule is CCCN(C[C@H]1[C@H](c2ccccc2)[C@@H](CO)N1C(C)=O)C(=O)NC(C)C. The number of hydrogen-bond donors (Lipinski definition) is 2. The molecular weight excluding hydrogens is 330 g/mol. The van der Waals surface area contributed by atoms with E-state index in [1.807, 2.05) is 51.1 Å². The molecule has 0 unspecified atom stereocenters. The van der Waals surface area contributed by atoms with Gasteiger partial charge in [0.2, 0.25) is 5.91 Å². The van der Waals surface area contributed by atoms with E-state index in [2.05, 4.69) is 5.32 Å². The Morgan fingerprint density at radius 3 is 2.38 bits per heavy atom. The highest BCUT2D eigenvalue weighted by Gasteiger charge is 2.50. The van der Waals surface area contributed by atoms with Crippen LogP contribution in [0.25, 0.3) is 0 Å². The van der Waals surface area contributed by atoms with E-state index in [4.69, 9.17) is 0 Å². The van der Waals surface area contributed by atoms with Crippen LogP contribution >= 0.6 is 0 Å². The Morgan fingerprint density at radius 1 is 1.23 bits per heavy atom. The maximum atomic E-state index is 12.6. The molecule has 1 aromatic carbocycles. The zero-order valence-corrected chi connectivity index (χ0v) is 16.2. The average molecular weight is 361 g/mol. The number of likely N-dealkylation sites (tertiary alicyclic amines) is 1. The minimum absolute atomic E-state index is 0.0244. The summed E-state index contributed by atoms with van der Waals surface area (Å²) in [5, 5.41) is 12.8. The Kier molecular flexibility index (Phi) is 7.03. The fourth-order valence-corrected chi connectivity index (χ4v) is 3.85. The van der Waals surface area contributed by atoms with Gasteiger partial charge in [-0.3, -0.25) is 4.79 Å². The van der Waals surface area contributed by atoms with Crippen LogP contribution in [-0.2, 0) is 4.79 Å². The van der Waals surface area contributed by atoms with E-state index in [-0.39, 0.29) is 42.6 Å². The quantitative estimate of drug-likeness (QED) is 0.782. The van der Waals surface area contributed by atoms with Crippen LogP contribution in [-0.4, -0.2) is 64.7 Å². The van der Waals surface area contributed by atoms with E-state index in [1.165, 1.54) is 6.92 Å². The molecule has 0 spiro atoms. The molecule has 0 aliphatic carbocycles. The van der Waals surface area contributed by atoms with Gasteiger partial charge >= 0.3 is 6.03 Å². The lowest BCUT2D eigenvalue weighted by Gasteiger charge is -2.55. The molecule has 3 atom stereocenters. The molecule has 6 heteroatoms. The first kappa shape index (κ1) is 20.2. The first-order chi connectivity index (χ1) is 12.4. The zero-order chi connectivity index (χ0) is 19.3. The Morgan fingerprint density at radius 2 is 1.88 bits per heavy atom. The zero-order valence-electron chi connectivity index (χ0n) is 16.2. The summed E-state index contributed by atoms with van der Waals surface area (Å²) in [6, 6.07) is 9.51. The first-order valence-corrected chi connectivity index (χ1v) is 9.40. The second-order valence-corrected chi connectivity index (χ2v) is 7.23. The molecular formula is C20H31N3O3. The molecule has 1 heterocycles. The van der Waals surface area contributed by atoms with Crippen molar-refractivity contribution >= 4 is 11.9 Å². The summed E-state index contributed by atoms with van der Waals surface area (Å²) in [6.07, 6.45) is 0.845. The second-order valence-electron chi connectivity index (χ2n) is 7.23. The topological polar surface area (TPSA) is 72.9 Å². The number of benzene rings is 1. The van der Waals surface area contributed by atoms with Crippen molar-refractivity contribution in [3.8, 4) is 0 Å². The van der Waals surface area contributed by atoms with Gasteiger partial charge in [0.1, 0.15) is 0 Å². The summed E-state index contributed by atoms with van der Waals surface area (Å²) in [4.78, 5) is 28.2. The molecule has 1 aliphatic rings. The summed E-state index contributed by atoms with van der Waals surface area (Å²) >= 11 is 0. The van der Waals surface area contributed by atoms with Crippen LogP contribution in [0, 0.1) is 0 Å². The first-order valence-electron chi connectivity index (χ1n) is 9.40. The third-order valence-electron chi connectivity index (χ3n) is 4.88. The van der Waals surface area contributed by atoms with Crippen molar-refractivity contribution in [2.24, 2.45) is 0 Å². The Balaban J connectivity index is 2.25. The van der Waals surface area contributed by atoms with Gasteiger partial charge in [-0.25, -0.2) is 4.79 Å². The number of urea groups is 1. The van der Waals surface area contributed by atoms with E-state index >= 15 is 0 Å². The molecule has 26 heavy (non-hydrogen) atoms. The number of aliphatic hydroxyl groups is 1. The lowest BCUT2D eigenvalue weighted by Crippen LogP contribution is -2.68. The Hall–Kier alpha value is -2.08. The van der Waals surface area contributed by atoms with Crippen LogP contribution in [0.2, 0.25) is 0 Å². The molecule has 1 saturated heterocycles. The van der Waals surface area contributed by atoms with Gasteiger partial charge in [-0.1, -0.05) is 37.3 Å². The lowest BCUT2D eigenvalue weighted by atomic mass is 9.75. The van der Waals surface area contributed by atoms with Crippen LogP contribution in [0.4, 0.5) is 4.79 Å². The molecule has 0 bridgehead atoms. The molecule has 0 radical (unpaired) electrons. The molecule has 0 aromatic heterocycles. The smallest absolute Gasteiger partial charge is 0.317 e. The summed E-state index contributed by atoms with van der Waals surface area (Å²) < 4.78 is 0. The highest BCUT2D eigenvalue weighted by Crippen LogP contribution is 2.41. The summed E-state index contributed by atoms with van der Waals surface area (Å²) in [5.41, 5.74) is 1.09. The van der Waals surface area contributed by atoms with Crippen LogP contribution in [0.1, 0.15) is 45.6 Å². The third kappa shape index (κ3) is 4.36. The van der Waals surface area contributed by atoms with Crippen LogP contribution in [0.3, 0.4) is 0 Å². The van der Waals surface area contributed by atoms with Gasteiger partial charge in [-0.15, -0.1) is 0 Å². The maximum Gasteiger partial charge on any atom is 0.317 e. The number of nitrogens with one attached hydrogen (secondary N) is 1. The highest BCUT2D eigenvalue weighted by atomic mass is 16.3. The predicted molar refractivity (Wildman–Crippen MR) is 102 cm³/mol. The molecule has 3 amide bonds. The molecule has 1 aromatic rings. The Labute approximate surface area is 156 Å². The number of aliphatic hydroxyl groups excluding tert-OH is 1. The Bertz CT molecular complexity index is 606. The van der Waals surface area contributed by atoms with Gasteiger partial charge in [0.15, 0.2) is 0 Å². The second kappa shape index (κ2) is 9.03. The van der Waals surface area contributed by atoms with Gasteiger partial charge in [-0.2, -0.15) is 0 Å². The number of amides is 3. The molecule has 1 aliphatic heterocycles. The minimum Gasteiger partial charge on any atom is -0.394 e. The molecule has 2 rings (SSSR count). The van der Waals surface area contributed by atoms with Gasteiger partial charge in [-0.05, 0) is 25.8 Å². The summed E-state index contributed by atoms with van der Waals surface area (Å²) in [7, 11) is 0. The fraction of sp³-hybridized carbons (Fsp3) is 0.600. The van der Waals surface area contributed by atoms with Crippen molar-refractivity contribution in [3.63, 3.8) is 0 Å². The van der Waals surface area contributed by atoms with Crippen molar-refractivity contribution in [2.45, 2.75) is 58.2 Å². The minimum atomic E-state index is -0.239. The van der Waals surface area contributed by atoms with E-state index in [9.17, 15) is 14.7 Å². The van der Waals surface area contributed by atoms with Crippen LogP contribution in [0.15, 0.2) is 30.3 Å². The van der Waals surface area contributed by atoms with E-state index < -0.39 is 0 Å². The monoisotopic (exact) mass is 361 g/mol. The van der Waals surface area contributed by atoms with Gasteiger partial charge in [0, 0.05) is 32.0 Å². The third-order valence-corrected chi connectivity index (χ3v) is 4.88. The normalized spacial score (nSPS) is 22.1. The maximum absolute atomic E-state index is 12.6. The number of hydrogen-bond acceptors (Lipinski definition) is 3. The molecule has 0 saturated carbocycles. The largest absolute Gasteiger partial charge is 0.394 e. The van der Waals surface area contributed by atoms with E-state index in [1.54, 1.807) is 9.80 Å². The van der Waals surface area contributed by atoms with E-state index in [0.717, 1.165) is 12.0 Å². The van der Waals surface area contributed by atoms with Crippen molar-refractivity contribution in [1.82, 2.24) is 15.1 Å². The fourth-order valence-electron chi connectivity index (χ4n) is 3.85. The average Bonchev–Trinajstić information content (AvgIpc) is 2.57.